The molecule has 0 saturated heterocycles. The van der Waals surface area contributed by atoms with Gasteiger partial charge in [0.05, 0.1) is 16.8 Å². The Bertz CT molecular complexity index is 1580. The second-order valence-corrected chi connectivity index (χ2v) is 8.63. The number of nitrogens with zero attached hydrogens (tertiary/aromatic N) is 3. The molecule has 1 aliphatic heterocycles. The average Bonchev–Trinajstić information content (AvgIpc) is 3.43. The summed E-state index contributed by atoms with van der Waals surface area (Å²) in [6.45, 7) is 0. The smallest absolute Gasteiger partial charge is 0.266 e. The Labute approximate surface area is 196 Å². The first-order valence-corrected chi connectivity index (χ1v) is 11.0. The molecule has 3 heterocycles. The summed E-state index contributed by atoms with van der Waals surface area (Å²) in [5.74, 6) is -0.704. The highest BCUT2D eigenvalue weighted by Gasteiger charge is 2.42. The number of fused-ring (bicyclic) bond motifs is 2. The van der Waals surface area contributed by atoms with E-state index in [0.717, 1.165) is 32.9 Å². The van der Waals surface area contributed by atoms with Crippen molar-refractivity contribution in [3.05, 3.63) is 96.3 Å². The fourth-order valence-corrected chi connectivity index (χ4v) is 5.01. The van der Waals surface area contributed by atoms with Gasteiger partial charge in [-0.05, 0) is 30.3 Å². The fourth-order valence-electron chi connectivity index (χ4n) is 5.01. The number of benzene rings is 3. The Kier molecular flexibility index (Phi) is 4.26. The van der Waals surface area contributed by atoms with Gasteiger partial charge in [-0.1, -0.05) is 42.5 Å². The van der Waals surface area contributed by atoms with E-state index in [-0.39, 0.29) is 11.8 Å². The molecule has 2 N–H and O–H groups in total. The number of nitrogens with two attached hydrogens (primary N) is 1. The number of aryl methyl sites for hydroxylation is 2. The van der Waals surface area contributed by atoms with E-state index in [1.165, 1.54) is 4.90 Å². The Morgan fingerprint density at radius 1 is 0.647 bits per heavy atom. The highest BCUT2D eigenvalue weighted by atomic mass is 16.2. The van der Waals surface area contributed by atoms with Gasteiger partial charge in [0.25, 0.3) is 11.8 Å². The number of carbonyl (C=O) groups excluding carboxylic acids is 2. The van der Waals surface area contributed by atoms with Crippen molar-refractivity contribution in [3.8, 4) is 0 Å². The molecule has 6 nitrogen and oxygen atoms in total. The van der Waals surface area contributed by atoms with E-state index >= 15 is 0 Å². The first-order valence-electron chi connectivity index (χ1n) is 11.0. The van der Waals surface area contributed by atoms with E-state index < -0.39 is 0 Å². The zero-order valence-electron chi connectivity index (χ0n) is 18.8. The summed E-state index contributed by atoms with van der Waals surface area (Å²) >= 11 is 0. The van der Waals surface area contributed by atoms with Crippen molar-refractivity contribution in [1.82, 2.24) is 9.13 Å². The molecule has 2 amide bonds. The molecule has 0 unspecified atom stereocenters. The Morgan fingerprint density at radius 2 is 1.15 bits per heavy atom. The number of aromatic nitrogens is 2. The highest BCUT2D eigenvalue weighted by Crippen LogP contribution is 2.43. The molecule has 0 bridgehead atoms. The molecule has 1 aliphatic rings. The van der Waals surface area contributed by atoms with E-state index in [1.807, 2.05) is 84.2 Å². The van der Waals surface area contributed by atoms with Crippen LogP contribution in [0.15, 0.2) is 85.2 Å². The Balaban J connectivity index is 1.68. The minimum atomic E-state index is -0.352. The summed E-state index contributed by atoms with van der Waals surface area (Å²) < 4.78 is 3.97. The SMILES string of the molecule is Cn1cc(C2=C(c3cn(C)c4ccccc34)C(=O)N(c3cccc(N)c3)C2=O)c2ccccc21. The van der Waals surface area contributed by atoms with Gasteiger partial charge in [-0.2, -0.15) is 0 Å². The molecule has 0 atom stereocenters. The standard InChI is InChI=1S/C28H22N4O2/c1-30-15-21(19-10-3-5-12-23(19)30)25-26(22-16-31(2)24-13-6-4-11-20(22)24)28(34)32(27(25)33)18-9-7-8-17(29)14-18/h3-16H,29H2,1-2H3. The lowest BCUT2D eigenvalue weighted by Crippen LogP contribution is -2.31. The maximum atomic E-state index is 14.0. The van der Waals surface area contributed by atoms with Crippen molar-refractivity contribution < 1.29 is 9.59 Å². The van der Waals surface area contributed by atoms with Gasteiger partial charge < -0.3 is 14.9 Å². The largest absolute Gasteiger partial charge is 0.399 e. The number of rotatable bonds is 3. The van der Waals surface area contributed by atoms with Crippen LogP contribution in [0.2, 0.25) is 0 Å². The lowest BCUT2D eigenvalue weighted by molar-refractivity contribution is -0.119. The Hall–Kier alpha value is -4.58. The topological polar surface area (TPSA) is 73.3 Å². The number of amides is 2. The molecule has 0 fully saturated rings. The molecule has 166 valence electrons. The number of carbonyl (C=O) groups is 2. The van der Waals surface area contributed by atoms with Gasteiger partial charge in [0.1, 0.15) is 0 Å². The molecule has 6 rings (SSSR count). The molecule has 3 aromatic carbocycles. The second kappa shape index (κ2) is 7.22. The van der Waals surface area contributed by atoms with Gasteiger partial charge in [-0.15, -0.1) is 0 Å². The molecule has 0 aliphatic carbocycles. The summed E-state index contributed by atoms with van der Waals surface area (Å²) in [6, 6.07) is 22.7. The number of hydrogen-bond acceptors (Lipinski definition) is 3. The van der Waals surface area contributed by atoms with Crippen LogP contribution in [0, 0.1) is 0 Å². The quantitative estimate of drug-likeness (QED) is 0.321. The molecule has 0 radical (unpaired) electrons. The number of nitrogen functional groups attached to an aromatic ring is 1. The van der Waals surface area contributed by atoms with Crippen molar-refractivity contribution in [2.45, 2.75) is 0 Å². The van der Waals surface area contributed by atoms with Crippen LogP contribution in [-0.2, 0) is 23.7 Å². The number of imide groups is 1. The summed E-state index contributed by atoms with van der Waals surface area (Å²) in [5, 5.41) is 1.85. The van der Waals surface area contributed by atoms with Crippen molar-refractivity contribution in [2.24, 2.45) is 14.1 Å². The van der Waals surface area contributed by atoms with Crippen LogP contribution in [0.25, 0.3) is 33.0 Å². The third kappa shape index (κ3) is 2.75. The molecule has 5 aromatic rings. The maximum absolute atomic E-state index is 14.0. The number of para-hydroxylation sites is 2. The van der Waals surface area contributed by atoms with Gasteiger partial charge in [0.15, 0.2) is 0 Å². The van der Waals surface area contributed by atoms with Crippen molar-refractivity contribution in [3.63, 3.8) is 0 Å². The van der Waals surface area contributed by atoms with Crippen LogP contribution >= 0.6 is 0 Å². The van der Waals surface area contributed by atoms with Crippen molar-refractivity contribution in [2.75, 3.05) is 10.6 Å². The van der Waals surface area contributed by atoms with Crippen molar-refractivity contribution in [1.29, 1.82) is 0 Å². The van der Waals surface area contributed by atoms with E-state index in [4.69, 9.17) is 5.73 Å². The van der Waals surface area contributed by atoms with E-state index in [1.54, 1.807) is 24.3 Å². The van der Waals surface area contributed by atoms with Crippen LogP contribution in [0.5, 0.6) is 0 Å². The summed E-state index contributed by atoms with van der Waals surface area (Å²) in [5.41, 5.74) is 11.2. The molecule has 2 aromatic heterocycles. The first-order chi connectivity index (χ1) is 16.5. The van der Waals surface area contributed by atoms with Crippen LogP contribution in [0.4, 0.5) is 11.4 Å². The molecular weight excluding hydrogens is 424 g/mol. The van der Waals surface area contributed by atoms with Gasteiger partial charge in [0.2, 0.25) is 0 Å². The van der Waals surface area contributed by atoms with Crippen molar-refractivity contribution >= 4 is 56.1 Å². The highest BCUT2D eigenvalue weighted by molar-refractivity contribution is 6.58. The summed E-state index contributed by atoms with van der Waals surface area (Å²) in [7, 11) is 3.89. The Morgan fingerprint density at radius 3 is 1.65 bits per heavy atom. The number of anilines is 2. The monoisotopic (exact) mass is 446 g/mol. The summed E-state index contributed by atoms with van der Waals surface area (Å²) in [6.07, 6.45) is 3.86. The summed E-state index contributed by atoms with van der Waals surface area (Å²) in [4.78, 5) is 29.2. The van der Waals surface area contributed by atoms with E-state index in [2.05, 4.69) is 0 Å². The first kappa shape index (κ1) is 20.1. The molecule has 6 heteroatoms. The van der Waals surface area contributed by atoms with Crippen LogP contribution < -0.4 is 10.6 Å². The van der Waals surface area contributed by atoms with Gasteiger partial charge >= 0.3 is 0 Å². The lowest BCUT2D eigenvalue weighted by atomic mass is 9.95. The zero-order valence-corrected chi connectivity index (χ0v) is 18.8. The van der Waals surface area contributed by atoms with Gasteiger partial charge in [-0.25, -0.2) is 4.90 Å². The molecule has 34 heavy (non-hydrogen) atoms. The van der Waals surface area contributed by atoms with Crippen LogP contribution in [0.3, 0.4) is 0 Å². The predicted molar refractivity (Wildman–Crippen MR) is 136 cm³/mol. The molecule has 0 spiro atoms. The van der Waals surface area contributed by atoms with E-state index in [0.29, 0.717) is 22.5 Å². The third-order valence-corrected chi connectivity index (χ3v) is 6.54. The minimum absolute atomic E-state index is 0.352. The normalized spacial score (nSPS) is 14.2. The number of hydrogen-bond donors (Lipinski definition) is 1. The van der Waals surface area contributed by atoms with Gasteiger partial charge in [-0.3, -0.25) is 9.59 Å². The van der Waals surface area contributed by atoms with Crippen LogP contribution in [-0.4, -0.2) is 20.9 Å². The lowest BCUT2D eigenvalue weighted by Gasteiger charge is -2.15. The molecular formula is C28H22N4O2. The third-order valence-electron chi connectivity index (χ3n) is 6.54. The zero-order chi connectivity index (χ0) is 23.6. The predicted octanol–water partition coefficient (Wildman–Crippen LogP) is 4.74. The molecule has 0 saturated carbocycles. The van der Waals surface area contributed by atoms with Crippen LogP contribution in [0.1, 0.15) is 11.1 Å². The van der Waals surface area contributed by atoms with E-state index in [9.17, 15) is 9.59 Å². The van der Waals surface area contributed by atoms with Gasteiger partial charge in [0, 0.05) is 65.1 Å². The second-order valence-electron chi connectivity index (χ2n) is 8.63. The minimum Gasteiger partial charge on any atom is -0.399 e. The average molecular weight is 447 g/mol. The maximum Gasteiger partial charge on any atom is 0.266 e. The fraction of sp³-hybridized carbons (Fsp3) is 0.0714.